The first-order chi connectivity index (χ1) is 9.58. The molecule has 0 aliphatic rings. The number of aryl methyl sites for hydroxylation is 2. The van der Waals surface area contributed by atoms with Crippen LogP contribution in [0.2, 0.25) is 0 Å². The molecule has 3 N–H and O–H groups in total. The van der Waals surface area contributed by atoms with E-state index in [0.717, 1.165) is 22.0 Å². The van der Waals surface area contributed by atoms with Crippen LogP contribution in [0.5, 0.6) is 0 Å². The van der Waals surface area contributed by atoms with Gasteiger partial charge in [0.05, 0.1) is 10.9 Å². The van der Waals surface area contributed by atoms with Crippen molar-refractivity contribution in [3.8, 4) is 0 Å². The minimum absolute atomic E-state index is 0.159. The van der Waals surface area contributed by atoms with Gasteiger partial charge in [0, 0.05) is 11.8 Å². The second-order valence-electron chi connectivity index (χ2n) is 5.06. The van der Waals surface area contributed by atoms with E-state index in [1.54, 1.807) is 0 Å². The maximum absolute atomic E-state index is 12.1. The molecule has 0 atom stereocenters. The number of rotatable bonds is 2. The molecule has 3 aromatic rings. The lowest BCUT2D eigenvalue weighted by Gasteiger charge is -2.06. The largest absolute Gasteiger partial charge is 0.330 e. The maximum atomic E-state index is 12.1. The number of aromatic nitrogens is 3. The number of hydrogen-bond acceptors (Lipinski definition) is 4. The van der Waals surface area contributed by atoms with Gasteiger partial charge in [0.15, 0.2) is 5.65 Å². The van der Waals surface area contributed by atoms with Crippen molar-refractivity contribution in [1.82, 2.24) is 15.0 Å². The third kappa shape index (κ3) is 2.06. The van der Waals surface area contributed by atoms with Crippen LogP contribution in [0.1, 0.15) is 17.0 Å². The molecule has 0 fully saturated rings. The summed E-state index contributed by atoms with van der Waals surface area (Å²) in [6.07, 6.45) is 0.539. The predicted molar refractivity (Wildman–Crippen MR) is 79.9 cm³/mol. The lowest BCUT2D eigenvalue weighted by atomic mass is 10.1. The van der Waals surface area contributed by atoms with Crippen LogP contribution in [0, 0.1) is 13.8 Å². The van der Waals surface area contributed by atoms with E-state index in [0.29, 0.717) is 29.8 Å². The highest BCUT2D eigenvalue weighted by atomic mass is 16.1. The number of hydrogen-bond donors (Lipinski definition) is 2. The van der Waals surface area contributed by atoms with E-state index in [2.05, 4.69) is 21.0 Å². The van der Waals surface area contributed by atoms with Crippen LogP contribution in [0.25, 0.3) is 21.9 Å². The van der Waals surface area contributed by atoms with Gasteiger partial charge in [-0.2, -0.15) is 0 Å². The zero-order valence-corrected chi connectivity index (χ0v) is 11.5. The van der Waals surface area contributed by atoms with E-state index in [1.807, 2.05) is 26.0 Å². The molecular formula is C15H16N4O. The minimum atomic E-state index is -0.159. The SMILES string of the molecule is Cc1cc(C)c2cc3c(=O)[nH]c(CCN)nc3nc2c1. The first-order valence-corrected chi connectivity index (χ1v) is 6.59. The lowest BCUT2D eigenvalue weighted by molar-refractivity contribution is 0.867. The molecule has 0 amide bonds. The molecule has 1 aromatic carbocycles. The van der Waals surface area contributed by atoms with Gasteiger partial charge in [-0.1, -0.05) is 6.07 Å². The van der Waals surface area contributed by atoms with Crippen LogP contribution >= 0.6 is 0 Å². The van der Waals surface area contributed by atoms with Crippen molar-refractivity contribution in [2.45, 2.75) is 20.3 Å². The molecule has 2 heterocycles. The second-order valence-corrected chi connectivity index (χ2v) is 5.06. The van der Waals surface area contributed by atoms with Crippen molar-refractivity contribution < 1.29 is 0 Å². The minimum Gasteiger partial charge on any atom is -0.330 e. The van der Waals surface area contributed by atoms with Gasteiger partial charge in [0.2, 0.25) is 0 Å². The molecule has 0 saturated carbocycles. The number of aromatic amines is 1. The maximum Gasteiger partial charge on any atom is 0.260 e. The molecule has 0 unspecified atom stereocenters. The molecule has 102 valence electrons. The molecule has 0 aliphatic heterocycles. The summed E-state index contributed by atoms with van der Waals surface area (Å²) < 4.78 is 0. The fourth-order valence-corrected chi connectivity index (χ4v) is 2.48. The van der Waals surface area contributed by atoms with Crippen molar-refractivity contribution in [3.63, 3.8) is 0 Å². The van der Waals surface area contributed by atoms with E-state index in [4.69, 9.17) is 5.73 Å². The fraction of sp³-hybridized carbons (Fsp3) is 0.267. The third-order valence-electron chi connectivity index (χ3n) is 3.39. The Hall–Kier alpha value is -2.27. The van der Waals surface area contributed by atoms with Crippen LogP contribution in [0.4, 0.5) is 0 Å². The summed E-state index contributed by atoms with van der Waals surface area (Å²) in [5.74, 6) is 0.584. The van der Waals surface area contributed by atoms with E-state index in [9.17, 15) is 4.79 Å². The van der Waals surface area contributed by atoms with Crippen molar-refractivity contribution in [1.29, 1.82) is 0 Å². The van der Waals surface area contributed by atoms with Gasteiger partial charge in [-0.05, 0) is 43.7 Å². The van der Waals surface area contributed by atoms with Gasteiger partial charge in [-0.15, -0.1) is 0 Å². The Morgan fingerprint density at radius 3 is 2.70 bits per heavy atom. The molecule has 3 rings (SSSR count). The average molecular weight is 268 g/mol. The monoisotopic (exact) mass is 268 g/mol. The van der Waals surface area contributed by atoms with E-state index >= 15 is 0 Å². The summed E-state index contributed by atoms with van der Waals surface area (Å²) in [5, 5.41) is 1.51. The van der Waals surface area contributed by atoms with Gasteiger partial charge < -0.3 is 10.7 Å². The Bertz CT molecular complexity index is 867. The number of benzene rings is 1. The van der Waals surface area contributed by atoms with Crippen molar-refractivity contribution >= 4 is 21.9 Å². The summed E-state index contributed by atoms with van der Waals surface area (Å²) >= 11 is 0. The highest BCUT2D eigenvalue weighted by Gasteiger charge is 2.08. The zero-order valence-electron chi connectivity index (χ0n) is 11.5. The summed E-state index contributed by atoms with van der Waals surface area (Å²) in [6.45, 7) is 4.50. The Balaban J connectivity index is 2.38. The number of pyridine rings is 1. The lowest BCUT2D eigenvalue weighted by Crippen LogP contribution is -2.15. The molecule has 5 nitrogen and oxygen atoms in total. The van der Waals surface area contributed by atoms with E-state index < -0.39 is 0 Å². The van der Waals surface area contributed by atoms with Crippen LogP contribution in [-0.4, -0.2) is 21.5 Å². The summed E-state index contributed by atoms with van der Waals surface area (Å²) in [4.78, 5) is 23.8. The summed E-state index contributed by atoms with van der Waals surface area (Å²) in [5.41, 5.74) is 8.95. The summed E-state index contributed by atoms with van der Waals surface area (Å²) in [7, 11) is 0. The van der Waals surface area contributed by atoms with Crippen molar-refractivity contribution in [3.05, 3.63) is 45.5 Å². The summed E-state index contributed by atoms with van der Waals surface area (Å²) in [6, 6.07) is 5.96. The standard InChI is InChI=1S/C15H16N4O/c1-8-5-9(2)10-7-11-14(17-12(10)6-8)18-13(3-4-16)19-15(11)20/h5-7H,3-4,16H2,1-2H3,(H,17,18,19,20). The van der Waals surface area contributed by atoms with E-state index in [1.165, 1.54) is 0 Å². The normalized spacial score (nSPS) is 11.3. The fourth-order valence-electron chi connectivity index (χ4n) is 2.48. The van der Waals surface area contributed by atoms with Crippen molar-refractivity contribution in [2.75, 3.05) is 6.54 Å². The Labute approximate surface area is 115 Å². The van der Waals surface area contributed by atoms with Gasteiger partial charge >= 0.3 is 0 Å². The Kier molecular flexibility index (Phi) is 2.99. The molecule has 0 radical (unpaired) electrons. The first-order valence-electron chi connectivity index (χ1n) is 6.59. The van der Waals surface area contributed by atoms with Crippen LogP contribution < -0.4 is 11.3 Å². The smallest absolute Gasteiger partial charge is 0.260 e. The van der Waals surface area contributed by atoms with Crippen molar-refractivity contribution in [2.24, 2.45) is 5.73 Å². The third-order valence-corrected chi connectivity index (χ3v) is 3.39. The topological polar surface area (TPSA) is 84.7 Å². The number of nitrogens with two attached hydrogens (primary N) is 1. The van der Waals surface area contributed by atoms with Crippen LogP contribution in [0.15, 0.2) is 23.0 Å². The van der Waals surface area contributed by atoms with Crippen LogP contribution in [-0.2, 0) is 6.42 Å². The molecule has 0 spiro atoms. The average Bonchev–Trinajstić information content (AvgIpc) is 2.37. The molecule has 5 heteroatoms. The van der Waals surface area contributed by atoms with Gasteiger partial charge in [0.25, 0.3) is 5.56 Å². The first kappa shape index (κ1) is 12.7. The predicted octanol–water partition coefficient (Wildman–Crippen LogP) is 1.59. The van der Waals surface area contributed by atoms with Gasteiger partial charge in [-0.25, -0.2) is 9.97 Å². The van der Waals surface area contributed by atoms with Gasteiger partial charge in [0.1, 0.15) is 5.82 Å². The highest BCUT2D eigenvalue weighted by molar-refractivity contribution is 5.92. The Morgan fingerprint density at radius 2 is 1.95 bits per heavy atom. The molecular weight excluding hydrogens is 252 g/mol. The second kappa shape index (κ2) is 4.68. The van der Waals surface area contributed by atoms with Gasteiger partial charge in [-0.3, -0.25) is 4.79 Å². The Morgan fingerprint density at radius 1 is 1.15 bits per heavy atom. The molecule has 0 aliphatic carbocycles. The molecule has 20 heavy (non-hydrogen) atoms. The number of nitrogens with one attached hydrogen (secondary N) is 1. The number of H-pyrrole nitrogens is 1. The number of nitrogens with zero attached hydrogens (tertiary/aromatic N) is 2. The number of fused-ring (bicyclic) bond motifs is 2. The zero-order chi connectivity index (χ0) is 14.3. The molecule has 2 aromatic heterocycles. The molecule has 0 saturated heterocycles. The quantitative estimate of drug-likeness (QED) is 0.691. The van der Waals surface area contributed by atoms with Crippen LogP contribution in [0.3, 0.4) is 0 Å². The van der Waals surface area contributed by atoms with E-state index in [-0.39, 0.29) is 5.56 Å². The molecule has 0 bridgehead atoms. The highest BCUT2D eigenvalue weighted by Crippen LogP contribution is 2.21.